The van der Waals surface area contributed by atoms with Gasteiger partial charge >= 0.3 is 0 Å². The Morgan fingerprint density at radius 3 is 0.883 bits per heavy atom. The summed E-state index contributed by atoms with van der Waals surface area (Å²) in [7, 11) is -9.56. The van der Waals surface area contributed by atoms with E-state index in [-0.39, 0.29) is 22.5 Å². The third kappa shape index (κ3) is 12.2. The van der Waals surface area contributed by atoms with E-state index in [1.807, 2.05) is 13.8 Å². The van der Waals surface area contributed by atoms with E-state index in [0.29, 0.717) is 47.3 Å². The van der Waals surface area contributed by atoms with Crippen LogP contribution in [0.2, 0.25) is 0 Å². The van der Waals surface area contributed by atoms with Gasteiger partial charge in [0.15, 0.2) is 0 Å². The molecule has 0 spiro atoms. The molecule has 0 amide bonds. The molecule has 2 N–H and O–H groups in total. The summed E-state index contributed by atoms with van der Waals surface area (Å²) in [6.45, 7) is 4.93. The van der Waals surface area contributed by atoms with Gasteiger partial charge in [-0.15, -0.1) is 0 Å². The van der Waals surface area contributed by atoms with Crippen LogP contribution >= 0.6 is 0 Å². The molecule has 304 valence electrons. The normalized spacial score (nSPS) is 12.4. The highest BCUT2D eigenvalue weighted by molar-refractivity contribution is 7.86. The summed E-state index contributed by atoms with van der Waals surface area (Å²) >= 11 is 0. The Balaban J connectivity index is 1.13. The van der Waals surface area contributed by atoms with Gasteiger partial charge in [0.25, 0.3) is 20.2 Å². The van der Waals surface area contributed by atoms with Crippen molar-refractivity contribution >= 4 is 77.9 Å². The molecule has 0 aliphatic heterocycles. The van der Waals surface area contributed by atoms with E-state index in [1.54, 1.807) is 97.1 Å². The molecule has 0 saturated heterocycles. The third-order valence-electron chi connectivity index (χ3n) is 8.11. The second-order valence-electron chi connectivity index (χ2n) is 12.4. The number of rotatable bonds is 16. The maximum Gasteiger partial charge on any atom is 0.295 e. The van der Waals surface area contributed by atoms with Crippen molar-refractivity contribution in [2.75, 3.05) is 13.2 Å². The second kappa shape index (κ2) is 19.6. The first-order chi connectivity index (χ1) is 28.9. The van der Waals surface area contributed by atoms with Crippen molar-refractivity contribution in [2.45, 2.75) is 23.6 Å². The highest BCUT2D eigenvalue weighted by Crippen LogP contribution is 2.31. The summed E-state index contributed by atoms with van der Waals surface area (Å²) in [6.07, 6.45) is 2.54. The van der Waals surface area contributed by atoms with Gasteiger partial charge in [0.1, 0.15) is 21.3 Å². The van der Waals surface area contributed by atoms with Crippen molar-refractivity contribution in [3.8, 4) is 11.5 Å². The first-order valence-corrected chi connectivity index (χ1v) is 21.0. The van der Waals surface area contributed by atoms with Gasteiger partial charge in [0.05, 0.1) is 58.7 Å². The monoisotopic (exact) mass is 844 g/mol. The Hall–Kier alpha value is -7.12. The molecule has 60 heavy (non-hydrogen) atoms. The summed E-state index contributed by atoms with van der Waals surface area (Å²) in [5, 5.41) is 33.3. The van der Waals surface area contributed by atoms with E-state index >= 15 is 0 Å². The molecule has 0 atom stereocenters. The summed E-state index contributed by atoms with van der Waals surface area (Å²) in [5.74, 6) is 1.47. The van der Waals surface area contributed by atoms with Crippen LogP contribution in [-0.4, -0.2) is 39.2 Å². The van der Waals surface area contributed by atoms with Crippen molar-refractivity contribution in [1.82, 2.24) is 0 Å². The molecule has 18 heteroatoms. The van der Waals surface area contributed by atoms with Gasteiger partial charge in [-0.05, 0) is 146 Å². The molecule has 0 saturated carbocycles. The van der Waals surface area contributed by atoms with Crippen molar-refractivity contribution in [3.63, 3.8) is 0 Å². The van der Waals surface area contributed by atoms with Crippen LogP contribution in [0.1, 0.15) is 25.0 Å². The number of azo groups is 4. The predicted molar refractivity (Wildman–Crippen MR) is 226 cm³/mol. The fourth-order valence-corrected chi connectivity index (χ4v) is 6.66. The molecule has 0 aliphatic carbocycles. The maximum atomic E-state index is 12.4. The standard InChI is InChI=1S/C42H36N8O8S2/c1-3-57-39-23-19-35(20-24-39)45-43-31-11-15-33(16-12-31)47-49-37-9-7-29(41(27-37)59(51,52)53)5-6-30-8-10-38(28-42(30)60(54,55)56)50-48-34-17-13-32(14-18-34)44-46-36-21-25-40(26-22-36)58-4-2/h5-28H,3-4H2,1-2H3,(H,51,52,53)(H,54,55,56). The van der Waals surface area contributed by atoms with Gasteiger partial charge in [-0.1, -0.05) is 24.3 Å². The lowest BCUT2D eigenvalue weighted by atomic mass is 10.1. The average Bonchev–Trinajstić information content (AvgIpc) is 3.24. The summed E-state index contributed by atoms with van der Waals surface area (Å²) in [5.41, 5.74) is 3.51. The van der Waals surface area contributed by atoms with E-state index in [9.17, 15) is 25.9 Å². The molecule has 0 fully saturated rings. The zero-order valence-electron chi connectivity index (χ0n) is 32.0. The van der Waals surface area contributed by atoms with Gasteiger partial charge in [-0.2, -0.15) is 57.7 Å². The van der Waals surface area contributed by atoms with Crippen LogP contribution in [0.3, 0.4) is 0 Å². The van der Waals surface area contributed by atoms with Gasteiger partial charge in [0.2, 0.25) is 0 Å². The molecule has 0 aliphatic rings. The minimum Gasteiger partial charge on any atom is -0.494 e. The Kier molecular flexibility index (Phi) is 13.8. The molecular weight excluding hydrogens is 809 g/mol. The van der Waals surface area contributed by atoms with E-state index < -0.39 is 30.0 Å². The Labute approximate surface area is 345 Å². The SMILES string of the molecule is CCOc1ccc(N=Nc2ccc(N=Nc3ccc(C=Cc4ccc(N=Nc5ccc(N=Nc6ccc(OCC)cc6)cc5)cc4S(=O)(=O)O)c(S(=O)(=O)O)c3)cc2)cc1. The van der Waals surface area contributed by atoms with E-state index in [1.165, 1.54) is 36.4 Å². The topological polar surface area (TPSA) is 226 Å². The van der Waals surface area contributed by atoms with Crippen LogP contribution in [0.4, 0.5) is 45.5 Å². The number of nitrogens with zero attached hydrogens (tertiary/aromatic N) is 8. The minimum atomic E-state index is -4.78. The van der Waals surface area contributed by atoms with Crippen LogP contribution in [-0.2, 0) is 20.2 Å². The Bertz CT molecular complexity index is 2620. The summed E-state index contributed by atoms with van der Waals surface area (Å²) in [4.78, 5) is -1.02. The Morgan fingerprint density at radius 1 is 0.400 bits per heavy atom. The van der Waals surface area contributed by atoms with Gasteiger partial charge in [-0.25, -0.2) is 0 Å². The van der Waals surface area contributed by atoms with Crippen molar-refractivity contribution < 1.29 is 35.4 Å². The summed E-state index contributed by atoms with van der Waals surface area (Å²) < 4.78 is 80.5. The van der Waals surface area contributed by atoms with Crippen LogP contribution in [0.15, 0.2) is 184 Å². The minimum absolute atomic E-state index is 0.00575. The summed E-state index contributed by atoms with van der Waals surface area (Å²) in [6, 6.07) is 35.5. The quantitative estimate of drug-likeness (QED) is 0.0539. The average molecular weight is 845 g/mol. The number of hydrogen-bond donors (Lipinski definition) is 2. The lowest BCUT2D eigenvalue weighted by Gasteiger charge is -2.06. The lowest BCUT2D eigenvalue weighted by Crippen LogP contribution is -2.01. The van der Waals surface area contributed by atoms with Crippen LogP contribution in [0.5, 0.6) is 11.5 Å². The molecule has 0 bridgehead atoms. The molecule has 6 aromatic carbocycles. The molecular formula is C42H36N8O8S2. The molecule has 0 unspecified atom stereocenters. The van der Waals surface area contributed by atoms with Gasteiger partial charge in [0, 0.05) is 0 Å². The van der Waals surface area contributed by atoms with Crippen LogP contribution in [0.25, 0.3) is 12.2 Å². The van der Waals surface area contributed by atoms with Crippen LogP contribution in [0, 0.1) is 0 Å². The van der Waals surface area contributed by atoms with Gasteiger partial charge < -0.3 is 9.47 Å². The van der Waals surface area contributed by atoms with Crippen molar-refractivity contribution in [1.29, 1.82) is 0 Å². The molecule has 6 rings (SSSR count). The lowest BCUT2D eigenvalue weighted by molar-refractivity contribution is 0.340. The molecule has 0 radical (unpaired) electrons. The zero-order chi connectivity index (χ0) is 42.5. The fraction of sp³-hybridized carbons (Fsp3) is 0.0952. The van der Waals surface area contributed by atoms with Crippen molar-refractivity contribution in [2.24, 2.45) is 40.9 Å². The Morgan fingerprint density at radius 2 is 0.633 bits per heavy atom. The number of ether oxygens (including phenoxy) is 2. The van der Waals surface area contributed by atoms with E-state index in [0.717, 1.165) is 23.6 Å². The van der Waals surface area contributed by atoms with Crippen molar-refractivity contribution in [3.05, 3.63) is 145 Å². The molecule has 16 nitrogen and oxygen atoms in total. The first kappa shape index (κ1) is 42.5. The first-order valence-electron chi connectivity index (χ1n) is 18.1. The smallest absolute Gasteiger partial charge is 0.295 e. The number of hydrogen-bond acceptors (Lipinski definition) is 14. The molecule has 0 heterocycles. The second-order valence-corrected chi connectivity index (χ2v) is 15.2. The fourth-order valence-electron chi connectivity index (χ4n) is 5.26. The predicted octanol–water partition coefficient (Wildman–Crippen LogP) is 12.8. The highest BCUT2D eigenvalue weighted by Gasteiger charge is 2.18. The van der Waals surface area contributed by atoms with Gasteiger partial charge in [-0.3, -0.25) is 9.11 Å². The maximum absolute atomic E-state index is 12.4. The number of benzene rings is 6. The molecule has 0 aromatic heterocycles. The molecule has 6 aromatic rings. The van der Waals surface area contributed by atoms with E-state index in [2.05, 4.69) is 40.9 Å². The van der Waals surface area contributed by atoms with Crippen LogP contribution < -0.4 is 9.47 Å². The largest absolute Gasteiger partial charge is 0.494 e. The zero-order valence-corrected chi connectivity index (χ0v) is 33.6. The highest BCUT2D eigenvalue weighted by atomic mass is 32.2. The third-order valence-corrected chi connectivity index (χ3v) is 9.93. The van der Waals surface area contributed by atoms with E-state index in [4.69, 9.17) is 9.47 Å².